The van der Waals surface area contributed by atoms with Gasteiger partial charge in [0.2, 0.25) is 0 Å². The summed E-state index contributed by atoms with van der Waals surface area (Å²) in [6.07, 6.45) is 1.13. The van der Waals surface area contributed by atoms with Gasteiger partial charge in [-0.1, -0.05) is 31.9 Å². The Hall–Kier alpha value is -0.760. The van der Waals surface area contributed by atoms with Crippen LogP contribution in [0.25, 0.3) is 0 Å². The molecule has 0 aromatic heterocycles. The molecule has 0 saturated carbocycles. The lowest BCUT2D eigenvalue weighted by molar-refractivity contribution is 0.593. The summed E-state index contributed by atoms with van der Waals surface area (Å²) < 4.78 is 12.8. The SMILES string of the molecule is CCC(C)CNc1ccc(F)c(Cl)c1. The van der Waals surface area contributed by atoms with Gasteiger partial charge in [-0.3, -0.25) is 0 Å². The summed E-state index contributed by atoms with van der Waals surface area (Å²) in [4.78, 5) is 0. The Morgan fingerprint density at radius 2 is 2.21 bits per heavy atom. The van der Waals surface area contributed by atoms with Crippen molar-refractivity contribution in [3.63, 3.8) is 0 Å². The summed E-state index contributed by atoms with van der Waals surface area (Å²) in [6.45, 7) is 5.20. The summed E-state index contributed by atoms with van der Waals surface area (Å²) >= 11 is 5.65. The van der Waals surface area contributed by atoms with Crippen LogP contribution in [0.15, 0.2) is 18.2 Å². The predicted molar refractivity (Wildman–Crippen MR) is 59.4 cm³/mol. The van der Waals surface area contributed by atoms with E-state index in [0.717, 1.165) is 18.7 Å². The van der Waals surface area contributed by atoms with Crippen LogP contribution in [0, 0.1) is 11.7 Å². The zero-order chi connectivity index (χ0) is 10.6. The van der Waals surface area contributed by atoms with Crippen LogP contribution in [-0.4, -0.2) is 6.54 Å². The zero-order valence-electron chi connectivity index (χ0n) is 8.48. The molecule has 0 bridgehead atoms. The molecule has 14 heavy (non-hydrogen) atoms. The van der Waals surface area contributed by atoms with Gasteiger partial charge in [0.05, 0.1) is 5.02 Å². The zero-order valence-corrected chi connectivity index (χ0v) is 9.24. The highest BCUT2D eigenvalue weighted by Gasteiger charge is 2.02. The molecule has 0 aliphatic rings. The molecule has 1 atom stereocenters. The summed E-state index contributed by atoms with van der Waals surface area (Å²) in [5.41, 5.74) is 0.872. The number of nitrogens with one attached hydrogen (secondary N) is 1. The first-order chi connectivity index (χ1) is 6.63. The van der Waals surface area contributed by atoms with Crippen molar-refractivity contribution in [1.29, 1.82) is 0 Å². The first-order valence-corrected chi connectivity index (χ1v) is 5.20. The maximum atomic E-state index is 12.8. The van der Waals surface area contributed by atoms with E-state index in [2.05, 4.69) is 19.2 Å². The van der Waals surface area contributed by atoms with E-state index >= 15 is 0 Å². The molecule has 1 N–H and O–H groups in total. The van der Waals surface area contributed by atoms with Gasteiger partial charge in [0.25, 0.3) is 0 Å². The molecule has 0 heterocycles. The van der Waals surface area contributed by atoms with E-state index in [0.29, 0.717) is 5.92 Å². The molecule has 0 spiro atoms. The van der Waals surface area contributed by atoms with Crippen molar-refractivity contribution in [2.45, 2.75) is 20.3 Å². The van der Waals surface area contributed by atoms with Gasteiger partial charge in [-0.05, 0) is 24.1 Å². The molecule has 0 saturated heterocycles. The van der Waals surface area contributed by atoms with Gasteiger partial charge in [-0.2, -0.15) is 0 Å². The Morgan fingerprint density at radius 3 is 2.79 bits per heavy atom. The minimum Gasteiger partial charge on any atom is -0.385 e. The van der Waals surface area contributed by atoms with Crippen molar-refractivity contribution in [1.82, 2.24) is 0 Å². The first kappa shape index (κ1) is 11.3. The first-order valence-electron chi connectivity index (χ1n) is 4.82. The van der Waals surface area contributed by atoms with Crippen LogP contribution in [0.5, 0.6) is 0 Å². The number of anilines is 1. The van der Waals surface area contributed by atoms with E-state index in [4.69, 9.17) is 11.6 Å². The van der Waals surface area contributed by atoms with E-state index in [9.17, 15) is 4.39 Å². The maximum absolute atomic E-state index is 12.8. The van der Waals surface area contributed by atoms with Crippen molar-refractivity contribution in [2.24, 2.45) is 5.92 Å². The fourth-order valence-corrected chi connectivity index (χ4v) is 1.22. The molecule has 1 aromatic carbocycles. The van der Waals surface area contributed by atoms with Crippen molar-refractivity contribution in [3.8, 4) is 0 Å². The lowest BCUT2D eigenvalue weighted by Gasteiger charge is -2.11. The molecule has 3 heteroatoms. The number of halogens is 2. The normalized spacial score (nSPS) is 12.6. The Bertz CT molecular complexity index is 301. The molecular weight excluding hydrogens is 201 g/mol. The van der Waals surface area contributed by atoms with Gasteiger partial charge in [-0.15, -0.1) is 0 Å². The third-order valence-corrected chi connectivity index (χ3v) is 2.56. The van der Waals surface area contributed by atoms with Gasteiger partial charge in [0.1, 0.15) is 5.82 Å². The fraction of sp³-hybridized carbons (Fsp3) is 0.455. The molecule has 0 aliphatic carbocycles. The van der Waals surface area contributed by atoms with Crippen LogP contribution in [0.1, 0.15) is 20.3 Å². The second kappa shape index (κ2) is 5.20. The molecule has 0 radical (unpaired) electrons. The fourth-order valence-electron chi connectivity index (χ4n) is 1.04. The molecule has 0 fully saturated rings. The predicted octanol–water partition coefficient (Wildman–Crippen LogP) is 3.94. The topological polar surface area (TPSA) is 12.0 Å². The average molecular weight is 216 g/mol. The largest absolute Gasteiger partial charge is 0.385 e. The lowest BCUT2D eigenvalue weighted by Crippen LogP contribution is -2.10. The highest BCUT2D eigenvalue weighted by Crippen LogP contribution is 2.19. The number of rotatable bonds is 4. The molecule has 78 valence electrons. The third kappa shape index (κ3) is 3.18. The number of hydrogen-bond acceptors (Lipinski definition) is 1. The van der Waals surface area contributed by atoms with Gasteiger partial charge in [0.15, 0.2) is 0 Å². The van der Waals surface area contributed by atoms with Crippen LogP contribution in [0.2, 0.25) is 5.02 Å². The van der Waals surface area contributed by atoms with Crippen LogP contribution in [0.3, 0.4) is 0 Å². The van der Waals surface area contributed by atoms with E-state index in [1.54, 1.807) is 12.1 Å². The molecule has 1 aromatic rings. The van der Waals surface area contributed by atoms with E-state index in [-0.39, 0.29) is 10.8 Å². The Kier molecular flexibility index (Phi) is 4.21. The van der Waals surface area contributed by atoms with Crippen molar-refractivity contribution in [2.75, 3.05) is 11.9 Å². The summed E-state index contributed by atoms with van der Waals surface area (Å²) in [5, 5.41) is 3.38. The van der Waals surface area contributed by atoms with Gasteiger partial charge in [0, 0.05) is 12.2 Å². The number of benzene rings is 1. The smallest absolute Gasteiger partial charge is 0.141 e. The third-order valence-electron chi connectivity index (χ3n) is 2.27. The van der Waals surface area contributed by atoms with Crippen LogP contribution < -0.4 is 5.32 Å². The maximum Gasteiger partial charge on any atom is 0.141 e. The van der Waals surface area contributed by atoms with Gasteiger partial charge >= 0.3 is 0 Å². The van der Waals surface area contributed by atoms with Crippen molar-refractivity contribution in [3.05, 3.63) is 29.0 Å². The van der Waals surface area contributed by atoms with Gasteiger partial charge < -0.3 is 5.32 Å². The molecule has 0 aliphatic heterocycles. The Labute approximate surface area is 89.3 Å². The van der Waals surface area contributed by atoms with E-state index in [1.165, 1.54) is 6.07 Å². The van der Waals surface area contributed by atoms with Crippen LogP contribution in [-0.2, 0) is 0 Å². The minimum atomic E-state index is -0.374. The molecular formula is C11H15ClFN. The molecule has 1 nitrogen and oxygen atoms in total. The van der Waals surface area contributed by atoms with E-state index < -0.39 is 0 Å². The monoisotopic (exact) mass is 215 g/mol. The van der Waals surface area contributed by atoms with Crippen molar-refractivity contribution < 1.29 is 4.39 Å². The van der Waals surface area contributed by atoms with E-state index in [1.807, 2.05) is 0 Å². The summed E-state index contributed by atoms with van der Waals surface area (Å²) in [5.74, 6) is 0.236. The standard InChI is InChI=1S/C11H15ClFN/c1-3-8(2)7-14-9-4-5-11(13)10(12)6-9/h4-6,8,14H,3,7H2,1-2H3. The summed E-state index contributed by atoms with van der Waals surface area (Å²) in [7, 11) is 0. The van der Waals surface area contributed by atoms with Crippen LogP contribution >= 0.6 is 11.6 Å². The Morgan fingerprint density at radius 1 is 1.50 bits per heavy atom. The van der Waals surface area contributed by atoms with Crippen molar-refractivity contribution >= 4 is 17.3 Å². The second-order valence-corrected chi connectivity index (χ2v) is 3.93. The molecule has 1 unspecified atom stereocenters. The highest BCUT2D eigenvalue weighted by atomic mass is 35.5. The quantitative estimate of drug-likeness (QED) is 0.803. The Balaban J connectivity index is 2.55. The summed E-state index contributed by atoms with van der Waals surface area (Å²) in [6, 6.07) is 4.68. The number of hydrogen-bond donors (Lipinski definition) is 1. The molecule has 0 amide bonds. The lowest BCUT2D eigenvalue weighted by atomic mass is 10.1. The molecule has 1 rings (SSSR count). The van der Waals surface area contributed by atoms with Crippen LogP contribution in [0.4, 0.5) is 10.1 Å². The van der Waals surface area contributed by atoms with Gasteiger partial charge in [-0.25, -0.2) is 4.39 Å². The minimum absolute atomic E-state index is 0.166. The average Bonchev–Trinajstić information content (AvgIpc) is 2.19. The second-order valence-electron chi connectivity index (χ2n) is 3.52. The highest BCUT2D eigenvalue weighted by molar-refractivity contribution is 6.31.